The molecule has 0 unspecified atom stereocenters. The van der Waals surface area contributed by atoms with Crippen LogP contribution in [-0.2, 0) is 11.8 Å². The SMILES string of the molecule is CC(C)CNC(=O)CCSc1nnc(-c2ccccc2)n1C. The molecule has 5 nitrogen and oxygen atoms in total. The summed E-state index contributed by atoms with van der Waals surface area (Å²) < 4.78 is 1.96. The van der Waals surface area contributed by atoms with Crippen LogP contribution in [0.5, 0.6) is 0 Å². The van der Waals surface area contributed by atoms with Gasteiger partial charge in [0.05, 0.1) is 0 Å². The molecule has 1 N–H and O–H groups in total. The van der Waals surface area contributed by atoms with Crippen molar-refractivity contribution in [3.05, 3.63) is 30.3 Å². The van der Waals surface area contributed by atoms with Crippen molar-refractivity contribution in [2.75, 3.05) is 12.3 Å². The van der Waals surface area contributed by atoms with Crippen molar-refractivity contribution in [3.8, 4) is 11.4 Å². The highest BCUT2D eigenvalue weighted by Gasteiger charge is 2.11. The van der Waals surface area contributed by atoms with Gasteiger partial charge in [-0.2, -0.15) is 0 Å². The highest BCUT2D eigenvalue weighted by atomic mass is 32.2. The predicted octanol–water partition coefficient (Wildman–Crippen LogP) is 2.74. The van der Waals surface area contributed by atoms with Gasteiger partial charge in [-0.25, -0.2) is 0 Å². The Morgan fingerprint density at radius 1 is 1.27 bits per heavy atom. The monoisotopic (exact) mass is 318 g/mol. The van der Waals surface area contributed by atoms with E-state index in [2.05, 4.69) is 29.4 Å². The zero-order valence-electron chi connectivity index (χ0n) is 13.2. The highest BCUT2D eigenvalue weighted by Crippen LogP contribution is 2.22. The summed E-state index contributed by atoms with van der Waals surface area (Å²) >= 11 is 1.55. The van der Waals surface area contributed by atoms with E-state index in [1.807, 2.05) is 41.9 Å². The Labute approximate surface area is 135 Å². The van der Waals surface area contributed by atoms with Crippen LogP contribution in [0.4, 0.5) is 0 Å². The molecule has 0 spiro atoms. The summed E-state index contributed by atoms with van der Waals surface area (Å²) in [5.74, 6) is 2.10. The molecular formula is C16H22N4OS. The Morgan fingerprint density at radius 3 is 2.68 bits per heavy atom. The lowest BCUT2D eigenvalue weighted by molar-refractivity contribution is -0.120. The minimum Gasteiger partial charge on any atom is -0.356 e. The Morgan fingerprint density at radius 2 is 2.00 bits per heavy atom. The van der Waals surface area contributed by atoms with E-state index in [9.17, 15) is 4.79 Å². The van der Waals surface area contributed by atoms with Crippen LogP contribution >= 0.6 is 11.8 Å². The van der Waals surface area contributed by atoms with E-state index in [0.717, 1.165) is 23.1 Å². The van der Waals surface area contributed by atoms with Gasteiger partial charge in [0.15, 0.2) is 11.0 Å². The topological polar surface area (TPSA) is 59.8 Å². The first-order valence-electron chi connectivity index (χ1n) is 7.42. The molecule has 118 valence electrons. The summed E-state index contributed by atoms with van der Waals surface area (Å²) in [6, 6.07) is 9.97. The van der Waals surface area contributed by atoms with E-state index in [1.54, 1.807) is 11.8 Å². The average Bonchev–Trinajstić information content (AvgIpc) is 2.87. The van der Waals surface area contributed by atoms with Crippen molar-refractivity contribution in [2.24, 2.45) is 13.0 Å². The fraction of sp³-hybridized carbons (Fsp3) is 0.438. The van der Waals surface area contributed by atoms with Gasteiger partial charge in [0.25, 0.3) is 0 Å². The lowest BCUT2D eigenvalue weighted by Crippen LogP contribution is -2.27. The maximum Gasteiger partial charge on any atom is 0.220 e. The second-order valence-corrected chi connectivity index (χ2v) is 6.59. The number of hydrogen-bond donors (Lipinski definition) is 1. The summed E-state index contributed by atoms with van der Waals surface area (Å²) in [4.78, 5) is 11.7. The van der Waals surface area contributed by atoms with Crippen LogP contribution in [0.3, 0.4) is 0 Å². The quantitative estimate of drug-likeness (QED) is 0.798. The summed E-state index contributed by atoms with van der Waals surface area (Å²) in [6.07, 6.45) is 0.491. The normalized spacial score (nSPS) is 10.9. The molecule has 2 aromatic rings. The third-order valence-corrected chi connectivity index (χ3v) is 4.16. The standard InChI is InChI=1S/C16H22N4OS/c1-12(2)11-17-14(21)9-10-22-16-19-18-15(20(16)3)13-7-5-4-6-8-13/h4-8,12H,9-11H2,1-3H3,(H,17,21). The summed E-state index contributed by atoms with van der Waals surface area (Å²) in [6.45, 7) is 4.89. The maximum absolute atomic E-state index is 11.7. The van der Waals surface area contributed by atoms with E-state index in [0.29, 0.717) is 18.1 Å². The number of amides is 1. The fourth-order valence-corrected chi connectivity index (χ4v) is 2.77. The lowest BCUT2D eigenvalue weighted by atomic mass is 10.2. The lowest BCUT2D eigenvalue weighted by Gasteiger charge is -2.07. The van der Waals surface area contributed by atoms with Gasteiger partial charge in [0.2, 0.25) is 5.91 Å². The first-order valence-corrected chi connectivity index (χ1v) is 8.40. The number of rotatable bonds is 7. The second kappa shape index (κ2) is 7.98. The predicted molar refractivity (Wildman–Crippen MR) is 89.6 cm³/mol. The molecule has 0 radical (unpaired) electrons. The zero-order chi connectivity index (χ0) is 15.9. The van der Waals surface area contributed by atoms with E-state index in [1.165, 1.54) is 0 Å². The van der Waals surface area contributed by atoms with Crippen LogP contribution in [0.25, 0.3) is 11.4 Å². The number of nitrogens with zero attached hydrogens (tertiary/aromatic N) is 3. The van der Waals surface area contributed by atoms with Gasteiger partial charge in [-0.1, -0.05) is 55.9 Å². The van der Waals surface area contributed by atoms with Crippen LogP contribution in [-0.4, -0.2) is 33.0 Å². The summed E-state index contributed by atoms with van der Waals surface area (Å²) in [5.41, 5.74) is 1.04. The van der Waals surface area contributed by atoms with Gasteiger partial charge >= 0.3 is 0 Å². The molecule has 0 saturated carbocycles. The van der Waals surface area contributed by atoms with Crippen molar-refractivity contribution in [2.45, 2.75) is 25.4 Å². The van der Waals surface area contributed by atoms with Gasteiger partial charge in [-0.05, 0) is 5.92 Å². The van der Waals surface area contributed by atoms with Gasteiger partial charge in [-0.15, -0.1) is 10.2 Å². The molecule has 0 aliphatic heterocycles. The van der Waals surface area contributed by atoms with Crippen LogP contribution in [0.2, 0.25) is 0 Å². The largest absolute Gasteiger partial charge is 0.356 e. The average molecular weight is 318 g/mol. The minimum atomic E-state index is 0.0895. The molecule has 0 aliphatic rings. The molecule has 1 amide bonds. The highest BCUT2D eigenvalue weighted by molar-refractivity contribution is 7.99. The van der Waals surface area contributed by atoms with Gasteiger partial charge < -0.3 is 9.88 Å². The molecule has 22 heavy (non-hydrogen) atoms. The number of carbonyl (C=O) groups excluding carboxylic acids is 1. The van der Waals surface area contributed by atoms with Crippen LogP contribution in [0.15, 0.2) is 35.5 Å². The number of hydrogen-bond acceptors (Lipinski definition) is 4. The number of nitrogens with one attached hydrogen (secondary N) is 1. The Balaban J connectivity index is 1.87. The van der Waals surface area contributed by atoms with Crippen LogP contribution < -0.4 is 5.32 Å². The van der Waals surface area contributed by atoms with Crippen LogP contribution in [0.1, 0.15) is 20.3 Å². The first kappa shape index (κ1) is 16.5. The molecule has 0 bridgehead atoms. The van der Waals surface area contributed by atoms with Crippen molar-refractivity contribution in [1.29, 1.82) is 0 Å². The molecule has 1 heterocycles. The maximum atomic E-state index is 11.7. The van der Waals surface area contributed by atoms with Gasteiger partial charge in [0.1, 0.15) is 0 Å². The van der Waals surface area contributed by atoms with Crippen molar-refractivity contribution in [3.63, 3.8) is 0 Å². The molecular weight excluding hydrogens is 296 g/mol. The van der Waals surface area contributed by atoms with Crippen molar-refractivity contribution in [1.82, 2.24) is 20.1 Å². The molecule has 0 fully saturated rings. The van der Waals surface area contributed by atoms with Gasteiger partial charge in [-0.3, -0.25) is 4.79 Å². The molecule has 1 aromatic heterocycles. The Bertz CT molecular complexity index is 610. The molecule has 0 atom stereocenters. The van der Waals surface area contributed by atoms with E-state index in [-0.39, 0.29) is 5.91 Å². The van der Waals surface area contributed by atoms with E-state index < -0.39 is 0 Å². The number of carbonyl (C=O) groups is 1. The first-order chi connectivity index (χ1) is 10.6. The molecule has 6 heteroatoms. The third-order valence-electron chi connectivity index (χ3n) is 3.13. The smallest absolute Gasteiger partial charge is 0.220 e. The number of thioether (sulfide) groups is 1. The third kappa shape index (κ3) is 4.59. The molecule has 1 aromatic carbocycles. The van der Waals surface area contributed by atoms with Crippen molar-refractivity contribution >= 4 is 17.7 Å². The fourth-order valence-electron chi connectivity index (χ4n) is 1.92. The summed E-state index contributed by atoms with van der Waals surface area (Å²) in [7, 11) is 1.95. The van der Waals surface area contributed by atoms with E-state index >= 15 is 0 Å². The Hall–Kier alpha value is -1.82. The Kier molecular flexibility index (Phi) is 6.00. The number of benzene rings is 1. The zero-order valence-corrected chi connectivity index (χ0v) is 14.1. The molecule has 0 saturated heterocycles. The second-order valence-electron chi connectivity index (χ2n) is 5.53. The minimum absolute atomic E-state index is 0.0895. The van der Waals surface area contributed by atoms with Crippen LogP contribution in [0, 0.1) is 5.92 Å². The molecule has 2 rings (SSSR count). The van der Waals surface area contributed by atoms with Crippen molar-refractivity contribution < 1.29 is 4.79 Å². The summed E-state index contributed by atoms with van der Waals surface area (Å²) in [5, 5.41) is 12.2. The molecule has 0 aliphatic carbocycles. The number of aromatic nitrogens is 3. The van der Waals surface area contributed by atoms with E-state index in [4.69, 9.17) is 0 Å². The van der Waals surface area contributed by atoms with Gasteiger partial charge in [0, 0.05) is 31.3 Å².